The van der Waals surface area contributed by atoms with E-state index in [1.165, 1.54) is 25.7 Å². The van der Waals surface area contributed by atoms with Crippen molar-refractivity contribution < 1.29 is 8.78 Å². The molecule has 2 aliphatic carbocycles. The van der Waals surface area contributed by atoms with E-state index >= 15 is 0 Å². The zero-order valence-electron chi connectivity index (χ0n) is 9.48. The Bertz CT molecular complexity index is 189. The third-order valence-corrected chi connectivity index (χ3v) is 4.31. The molecule has 2 fully saturated rings. The van der Waals surface area contributed by atoms with E-state index < -0.39 is 5.92 Å². The van der Waals surface area contributed by atoms with E-state index in [1.807, 2.05) is 0 Å². The van der Waals surface area contributed by atoms with Gasteiger partial charge in [0.1, 0.15) is 0 Å². The van der Waals surface area contributed by atoms with Crippen molar-refractivity contribution in [1.29, 1.82) is 0 Å². The molecule has 15 heavy (non-hydrogen) atoms. The molecule has 2 aliphatic rings. The van der Waals surface area contributed by atoms with Crippen molar-refractivity contribution in [3.05, 3.63) is 0 Å². The summed E-state index contributed by atoms with van der Waals surface area (Å²) in [7, 11) is 0. The van der Waals surface area contributed by atoms with Gasteiger partial charge in [-0.3, -0.25) is 0 Å². The number of halogens is 2. The molecular formula is C13H22F2. The summed E-state index contributed by atoms with van der Waals surface area (Å²) in [6.07, 6.45) is 9.40. The molecule has 0 aliphatic heterocycles. The summed E-state index contributed by atoms with van der Waals surface area (Å²) >= 11 is 0. The smallest absolute Gasteiger partial charge is 0.207 e. The molecule has 0 unspecified atom stereocenters. The van der Waals surface area contributed by atoms with Crippen LogP contribution in [0.25, 0.3) is 0 Å². The maximum Gasteiger partial charge on any atom is 0.250 e. The van der Waals surface area contributed by atoms with Crippen LogP contribution in [-0.2, 0) is 0 Å². The molecule has 0 heterocycles. The molecule has 0 nitrogen and oxygen atoms in total. The highest BCUT2D eigenvalue weighted by atomic mass is 19.3. The Morgan fingerprint density at radius 1 is 0.867 bits per heavy atom. The van der Waals surface area contributed by atoms with Crippen LogP contribution in [0.4, 0.5) is 8.78 Å². The minimum absolute atomic E-state index is 0.155. The molecule has 0 atom stereocenters. The first kappa shape index (κ1) is 11.3. The quantitative estimate of drug-likeness (QED) is 0.634. The highest BCUT2D eigenvalue weighted by Crippen LogP contribution is 2.42. The van der Waals surface area contributed by atoms with Gasteiger partial charge in [0.05, 0.1) is 0 Å². The largest absolute Gasteiger partial charge is 0.250 e. The number of alkyl halides is 2. The maximum absolute atomic E-state index is 13.8. The predicted octanol–water partition coefficient (Wildman–Crippen LogP) is 4.78. The lowest BCUT2D eigenvalue weighted by Crippen LogP contribution is -2.26. The van der Waals surface area contributed by atoms with Crippen LogP contribution in [0.15, 0.2) is 0 Å². The lowest BCUT2D eigenvalue weighted by atomic mass is 9.91. The molecule has 88 valence electrons. The van der Waals surface area contributed by atoms with E-state index in [2.05, 4.69) is 0 Å². The minimum Gasteiger partial charge on any atom is -0.207 e. The molecule has 0 spiro atoms. The molecule has 0 bridgehead atoms. The summed E-state index contributed by atoms with van der Waals surface area (Å²) in [5.74, 6) is -2.05. The SMILES string of the molecule is FC(F)(CCC1CCCC1)C1CCCC1. The normalized spacial score (nSPS) is 25.2. The number of hydrogen-bond donors (Lipinski definition) is 0. The Balaban J connectivity index is 1.75. The third-order valence-electron chi connectivity index (χ3n) is 4.31. The summed E-state index contributed by atoms with van der Waals surface area (Å²) in [6, 6.07) is 0. The third kappa shape index (κ3) is 2.92. The highest BCUT2D eigenvalue weighted by Gasteiger charge is 2.40. The standard InChI is InChI=1S/C13H22F2/c14-13(15,12-7-3-4-8-12)10-9-11-5-1-2-6-11/h11-12H,1-10H2. The second kappa shape index (κ2) is 4.80. The van der Waals surface area contributed by atoms with Crippen LogP contribution < -0.4 is 0 Å². The van der Waals surface area contributed by atoms with Crippen LogP contribution >= 0.6 is 0 Å². The Labute approximate surface area is 91.4 Å². The molecule has 0 saturated heterocycles. The van der Waals surface area contributed by atoms with Gasteiger partial charge < -0.3 is 0 Å². The van der Waals surface area contributed by atoms with Gasteiger partial charge in [-0.2, -0.15) is 0 Å². The second-order valence-electron chi connectivity index (χ2n) is 5.43. The summed E-state index contributed by atoms with van der Waals surface area (Å²) in [5, 5.41) is 0. The van der Waals surface area contributed by atoms with Gasteiger partial charge in [0.25, 0.3) is 5.92 Å². The average molecular weight is 216 g/mol. The van der Waals surface area contributed by atoms with Gasteiger partial charge in [0, 0.05) is 12.3 Å². The Hall–Kier alpha value is -0.140. The molecule has 0 amide bonds. The van der Waals surface area contributed by atoms with E-state index in [0.717, 1.165) is 32.1 Å². The monoisotopic (exact) mass is 216 g/mol. The fourth-order valence-corrected chi connectivity index (χ4v) is 3.25. The summed E-state index contributed by atoms with van der Waals surface area (Å²) in [4.78, 5) is 0. The van der Waals surface area contributed by atoms with Gasteiger partial charge in [0.2, 0.25) is 0 Å². The predicted molar refractivity (Wildman–Crippen MR) is 58.1 cm³/mol. The highest BCUT2D eigenvalue weighted by molar-refractivity contribution is 4.82. The molecule has 2 rings (SSSR count). The van der Waals surface area contributed by atoms with Crippen LogP contribution in [0, 0.1) is 11.8 Å². The van der Waals surface area contributed by atoms with Gasteiger partial charge in [-0.1, -0.05) is 38.5 Å². The lowest BCUT2D eigenvalue weighted by Gasteiger charge is -2.24. The van der Waals surface area contributed by atoms with Crippen molar-refractivity contribution >= 4 is 0 Å². The van der Waals surface area contributed by atoms with Crippen molar-refractivity contribution in [2.75, 3.05) is 0 Å². The van der Waals surface area contributed by atoms with E-state index in [1.54, 1.807) is 0 Å². The fourth-order valence-electron chi connectivity index (χ4n) is 3.25. The molecule has 0 aromatic rings. The molecule has 0 radical (unpaired) electrons. The van der Waals surface area contributed by atoms with Crippen LogP contribution in [0.5, 0.6) is 0 Å². The van der Waals surface area contributed by atoms with E-state index in [4.69, 9.17) is 0 Å². The topological polar surface area (TPSA) is 0 Å². The van der Waals surface area contributed by atoms with Crippen LogP contribution in [0.3, 0.4) is 0 Å². The average Bonchev–Trinajstić information content (AvgIpc) is 2.88. The summed E-state index contributed by atoms with van der Waals surface area (Å²) in [5.41, 5.74) is 0. The Morgan fingerprint density at radius 3 is 2.00 bits per heavy atom. The van der Waals surface area contributed by atoms with Crippen LogP contribution in [0.1, 0.15) is 64.2 Å². The minimum atomic E-state index is -2.36. The van der Waals surface area contributed by atoms with Crippen molar-refractivity contribution in [2.45, 2.75) is 70.1 Å². The zero-order chi connectivity index (χ0) is 10.7. The van der Waals surface area contributed by atoms with E-state index in [-0.39, 0.29) is 12.3 Å². The van der Waals surface area contributed by atoms with E-state index in [0.29, 0.717) is 5.92 Å². The summed E-state index contributed by atoms with van der Waals surface area (Å²) in [6.45, 7) is 0. The van der Waals surface area contributed by atoms with Crippen LogP contribution in [0.2, 0.25) is 0 Å². The van der Waals surface area contributed by atoms with Crippen molar-refractivity contribution in [3.63, 3.8) is 0 Å². The number of rotatable bonds is 4. The van der Waals surface area contributed by atoms with Crippen LogP contribution in [-0.4, -0.2) is 5.92 Å². The van der Waals surface area contributed by atoms with Crippen molar-refractivity contribution in [3.8, 4) is 0 Å². The first-order valence-electron chi connectivity index (χ1n) is 6.56. The molecule has 0 aromatic heterocycles. The summed E-state index contributed by atoms with van der Waals surface area (Å²) < 4.78 is 27.6. The molecule has 0 aromatic carbocycles. The molecular weight excluding hydrogens is 194 g/mol. The zero-order valence-corrected chi connectivity index (χ0v) is 9.48. The van der Waals surface area contributed by atoms with Gasteiger partial charge in [-0.15, -0.1) is 0 Å². The van der Waals surface area contributed by atoms with Crippen molar-refractivity contribution in [2.24, 2.45) is 11.8 Å². The maximum atomic E-state index is 13.8. The van der Waals surface area contributed by atoms with Gasteiger partial charge in [-0.05, 0) is 25.2 Å². The Morgan fingerprint density at radius 2 is 1.40 bits per heavy atom. The van der Waals surface area contributed by atoms with Crippen molar-refractivity contribution in [1.82, 2.24) is 0 Å². The Kier molecular flexibility index (Phi) is 3.63. The van der Waals surface area contributed by atoms with E-state index in [9.17, 15) is 8.78 Å². The lowest BCUT2D eigenvalue weighted by molar-refractivity contribution is -0.0669. The molecule has 2 heteroatoms. The van der Waals surface area contributed by atoms with Gasteiger partial charge >= 0.3 is 0 Å². The first-order valence-corrected chi connectivity index (χ1v) is 6.56. The fraction of sp³-hybridized carbons (Fsp3) is 1.00. The molecule has 2 saturated carbocycles. The molecule has 0 N–H and O–H groups in total. The van der Waals surface area contributed by atoms with Gasteiger partial charge in [-0.25, -0.2) is 8.78 Å². The first-order chi connectivity index (χ1) is 7.18. The second-order valence-corrected chi connectivity index (χ2v) is 5.43. The number of hydrogen-bond acceptors (Lipinski definition) is 0. The van der Waals surface area contributed by atoms with Gasteiger partial charge in [0.15, 0.2) is 0 Å².